The summed E-state index contributed by atoms with van der Waals surface area (Å²) in [5, 5.41) is 0. The Kier molecular flexibility index (Phi) is 5.48. The van der Waals surface area contributed by atoms with Crippen LogP contribution in [0.1, 0.15) is 65.6 Å². The Balaban J connectivity index is 1.87. The maximum atomic E-state index is 6.51. The normalized spacial score (nSPS) is 25.0. The van der Waals surface area contributed by atoms with E-state index < -0.39 is 0 Å². The topological polar surface area (TPSA) is 43.8 Å². The zero-order valence-electron chi connectivity index (χ0n) is 14.3. The summed E-state index contributed by atoms with van der Waals surface area (Å²) in [6.45, 7) is 10.4. The molecular formula is C18H33N3. The summed E-state index contributed by atoms with van der Waals surface area (Å²) < 4.78 is 2.26. The van der Waals surface area contributed by atoms with Crippen LogP contribution in [0, 0.1) is 17.3 Å². The number of nitrogens with zero attached hydrogens (tertiary/aromatic N) is 2. The molecule has 0 spiro atoms. The van der Waals surface area contributed by atoms with Crippen LogP contribution >= 0.6 is 0 Å². The smallest absolute Gasteiger partial charge is 0.110 e. The molecule has 1 aliphatic carbocycles. The van der Waals surface area contributed by atoms with Gasteiger partial charge in [-0.3, -0.25) is 0 Å². The highest BCUT2D eigenvalue weighted by molar-refractivity contribution is 4.97. The van der Waals surface area contributed by atoms with Crippen molar-refractivity contribution in [3.63, 3.8) is 0 Å². The van der Waals surface area contributed by atoms with Gasteiger partial charge in [0.2, 0.25) is 0 Å². The molecule has 0 radical (unpaired) electrons. The van der Waals surface area contributed by atoms with Gasteiger partial charge in [-0.2, -0.15) is 0 Å². The summed E-state index contributed by atoms with van der Waals surface area (Å²) >= 11 is 0. The maximum Gasteiger partial charge on any atom is 0.110 e. The van der Waals surface area contributed by atoms with E-state index in [0.29, 0.717) is 11.3 Å². The van der Waals surface area contributed by atoms with E-state index in [1.165, 1.54) is 31.5 Å². The van der Waals surface area contributed by atoms with E-state index in [1.807, 2.05) is 6.20 Å². The third-order valence-corrected chi connectivity index (χ3v) is 5.29. The second-order valence-corrected chi connectivity index (χ2v) is 7.88. The van der Waals surface area contributed by atoms with Crippen molar-refractivity contribution in [3.05, 3.63) is 18.2 Å². The molecule has 21 heavy (non-hydrogen) atoms. The van der Waals surface area contributed by atoms with Crippen LogP contribution in [0.2, 0.25) is 0 Å². The molecule has 3 nitrogen and oxygen atoms in total. The van der Waals surface area contributed by atoms with Crippen molar-refractivity contribution in [2.75, 3.05) is 0 Å². The number of rotatable bonds is 5. The van der Waals surface area contributed by atoms with Gasteiger partial charge in [0.1, 0.15) is 5.82 Å². The van der Waals surface area contributed by atoms with Crippen LogP contribution in [0.15, 0.2) is 12.4 Å². The van der Waals surface area contributed by atoms with Gasteiger partial charge >= 0.3 is 0 Å². The highest BCUT2D eigenvalue weighted by atomic mass is 15.1. The second-order valence-electron chi connectivity index (χ2n) is 7.88. The Hall–Kier alpha value is -0.830. The van der Waals surface area contributed by atoms with Crippen LogP contribution in [0.3, 0.4) is 0 Å². The third kappa shape index (κ3) is 4.32. The fraction of sp³-hybridized carbons (Fsp3) is 0.833. The summed E-state index contributed by atoms with van der Waals surface area (Å²) in [6.07, 6.45) is 11.3. The number of imidazole rings is 1. The molecule has 1 fully saturated rings. The fourth-order valence-corrected chi connectivity index (χ4v) is 3.77. The van der Waals surface area contributed by atoms with Crippen LogP contribution in [-0.2, 0) is 13.0 Å². The van der Waals surface area contributed by atoms with Gasteiger partial charge in [0.05, 0.1) is 0 Å². The van der Waals surface area contributed by atoms with Crippen LogP contribution in [-0.4, -0.2) is 15.6 Å². The van der Waals surface area contributed by atoms with Gasteiger partial charge in [0.25, 0.3) is 0 Å². The first-order valence-corrected chi connectivity index (χ1v) is 8.67. The Morgan fingerprint density at radius 1 is 1.29 bits per heavy atom. The van der Waals surface area contributed by atoms with Gasteiger partial charge in [-0.1, -0.05) is 27.7 Å². The highest BCUT2D eigenvalue weighted by Gasteiger charge is 2.32. The molecule has 1 aromatic heterocycles. The number of hydrogen-bond donors (Lipinski definition) is 1. The molecule has 0 aromatic carbocycles. The molecule has 3 heteroatoms. The average Bonchev–Trinajstić information content (AvgIpc) is 2.86. The minimum atomic E-state index is 0.268. The summed E-state index contributed by atoms with van der Waals surface area (Å²) in [5.41, 5.74) is 6.96. The van der Waals surface area contributed by atoms with Crippen molar-refractivity contribution < 1.29 is 0 Å². The van der Waals surface area contributed by atoms with Gasteiger partial charge in [-0.25, -0.2) is 4.98 Å². The molecule has 1 atom stereocenters. The molecule has 1 aromatic rings. The highest BCUT2D eigenvalue weighted by Crippen LogP contribution is 2.40. The van der Waals surface area contributed by atoms with Crippen molar-refractivity contribution in [1.82, 2.24) is 9.55 Å². The van der Waals surface area contributed by atoms with E-state index in [-0.39, 0.29) is 6.04 Å². The number of nitrogens with two attached hydrogens (primary N) is 1. The van der Waals surface area contributed by atoms with Crippen molar-refractivity contribution in [3.8, 4) is 0 Å². The van der Waals surface area contributed by atoms with Gasteiger partial charge in [-0.05, 0) is 49.4 Å². The largest absolute Gasteiger partial charge is 0.335 e. The molecule has 2 N–H and O–H groups in total. The third-order valence-electron chi connectivity index (χ3n) is 5.29. The van der Waals surface area contributed by atoms with E-state index in [4.69, 9.17) is 5.73 Å². The zero-order chi connectivity index (χ0) is 15.5. The molecule has 0 bridgehead atoms. The van der Waals surface area contributed by atoms with Crippen LogP contribution < -0.4 is 5.73 Å². The second kappa shape index (κ2) is 6.95. The molecule has 2 rings (SSSR count). The van der Waals surface area contributed by atoms with Gasteiger partial charge in [0.15, 0.2) is 0 Å². The molecule has 0 aliphatic heterocycles. The molecular weight excluding hydrogens is 258 g/mol. The predicted molar refractivity (Wildman–Crippen MR) is 89.1 cm³/mol. The minimum Gasteiger partial charge on any atom is -0.335 e. The van der Waals surface area contributed by atoms with Crippen LogP contribution in [0.4, 0.5) is 0 Å². The SMILES string of the molecule is CCCn1ccnc1CC(N)C1CCC(C(C)(C)C)CC1. The molecule has 0 saturated heterocycles. The van der Waals surface area contributed by atoms with Crippen molar-refractivity contribution >= 4 is 0 Å². The first-order valence-electron chi connectivity index (χ1n) is 8.67. The average molecular weight is 291 g/mol. The maximum absolute atomic E-state index is 6.51. The Morgan fingerprint density at radius 2 is 1.95 bits per heavy atom. The van der Waals surface area contributed by atoms with E-state index >= 15 is 0 Å². The summed E-state index contributed by atoms with van der Waals surface area (Å²) in [6, 6.07) is 0.268. The first kappa shape index (κ1) is 16.5. The van der Waals surface area contributed by atoms with Crippen molar-refractivity contribution in [1.29, 1.82) is 0 Å². The number of hydrogen-bond acceptors (Lipinski definition) is 2. The molecule has 1 unspecified atom stereocenters. The predicted octanol–water partition coefficient (Wildman–Crippen LogP) is 4.02. The number of aromatic nitrogens is 2. The molecule has 0 amide bonds. The van der Waals surface area contributed by atoms with Gasteiger partial charge < -0.3 is 10.3 Å². The quantitative estimate of drug-likeness (QED) is 0.890. The monoisotopic (exact) mass is 291 g/mol. The minimum absolute atomic E-state index is 0.268. The fourth-order valence-electron chi connectivity index (χ4n) is 3.77. The van der Waals surface area contributed by atoms with E-state index in [9.17, 15) is 0 Å². The zero-order valence-corrected chi connectivity index (χ0v) is 14.3. The van der Waals surface area contributed by atoms with Crippen LogP contribution in [0.25, 0.3) is 0 Å². The van der Waals surface area contributed by atoms with Crippen LogP contribution in [0.5, 0.6) is 0 Å². The summed E-state index contributed by atoms with van der Waals surface area (Å²) in [7, 11) is 0. The van der Waals surface area contributed by atoms with Gasteiger partial charge in [-0.15, -0.1) is 0 Å². The standard InChI is InChI=1S/C18H33N3/c1-5-11-21-12-10-20-17(21)13-16(19)14-6-8-15(9-7-14)18(2,3)4/h10,12,14-16H,5-9,11,13,19H2,1-4H3. The Bertz CT molecular complexity index is 422. The summed E-state index contributed by atoms with van der Waals surface area (Å²) in [4.78, 5) is 4.51. The van der Waals surface area contributed by atoms with Crippen molar-refractivity contribution in [2.24, 2.45) is 23.0 Å². The molecule has 120 valence electrons. The molecule has 1 saturated carbocycles. The summed E-state index contributed by atoms with van der Waals surface area (Å²) in [5.74, 6) is 2.71. The Morgan fingerprint density at radius 3 is 2.52 bits per heavy atom. The lowest BCUT2D eigenvalue weighted by Gasteiger charge is -2.38. The lowest BCUT2D eigenvalue weighted by molar-refractivity contribution is 0.139. The van der Waals surface area contributed by atoms with Gasteiger partial charge in [0, 0.05) is 31.4 Å². The molecule has 1 aliphatic rings. The van der Waals surface area contributed by atoms with E-state index in [2.05, 4.69) is 43.4 Å². The lowest BCUT2D eigenvalue weighted by Crippen LogP contribution is -2.37. The van der Waals surface area contributed by atoms with E-state index in [1.54, 1.807) is 0 Å². The molecule has 1 heterocycles. The Labute approximate surface area is 130 Å². The van der Waals surface area contributed by atoms with Crippen molar-refractivity contribution in [2.45, 2.75) is 78.8 Å². The first-order chi connectivity index (χ1) is 9.91. The number of aryl methyl sites for hydroxylation is 1. The van der Waals surface area contributed by atoms with E-state index in [0.717, 1.165) is 25.3 Å². The lowest BCUT2D eigenvalue weighted by atomic mass is 9.68.